The van der Waals surface area contributed by atoms with Crippen molar-refractivity contribution in [3.05, 3.63) is 54.1 Å². The molecule has 2 N–H and O–H groups in total. The summed E-state index contributed by atoms with van der Waals surface area (Å²) in [4.78, 5) is 4.90. The van der Waals surface area contributed by atoms with Crippen LogP contribution in [-0.4, -0.2) is 44.4 Å². The summed E-state index contributed by atoms with van der Waals surface area (Å²) in [6.07, 6.45) is 0. The van der Waals surface area contributed by atoms with E-state index in [0.717, 1.165) is 37.7 Å². The van der Waals surface area contributed by atoms with Gasteiger partial charge in [0.05, 0.1) is 0 Å². The van der Waals surface area contributed by atoms with Gasteiger partial charge in [-0.25, -0.2) is 0 Å². The van der Waals surface area contributed by atoms with E-state index in [9.17, 15) is 0 Å². The van der Waals surface area contributed by atoms with E-state index in [1.54, 1.807) is 0 Å². The van der Waals surface area contributed by atoms with Gasteiger partial charge in [0.1, 0.15) is 0 Å². The van der Waals surface area contributed by atoms with Crippen LogP contribution < -0.4 is 20.1 Å². The lowest BCUT2D eigenvalue weighted by molar-refractivity contribution is 0.173. The van der Waals surface area contributed by atoms with E-state index < -0.39 is 0 Å². The van der Waals surface area contributed by atoms with Gasteiger partial charge in [0.15, 0.2) is 11.5 Å². The third-order valence-electron chi connectivity index (χ3n) is 4.88. The predicted octanol–water partition coefficient (Wildman–Crippen LogP) is 2.24. The first-order chi connectivity index (χ1) is 11.8. The first-order valence-corrected chi connectivity index (χ1v) is 8.49. The number of benzene rings is 2. The number of fused-ring (bicyclic) bond motifs is 1. The van der Waals surface area contributed by atoms with Crippen molar-refractivity contribution >= 4 is 5.69 Å². The quantitative estimate of drug-likeness (QED) is 0.934. The molecule has 0 saturated carbocycles. The van der Waals surface area contributed by atoms with Crippen LogP contribution in [0.1, 0.15) is 11.6 Å². The number of hydrogen-bond donors (Lipinski definition) is 1. The number of para-hydroxylation sites is 1. The molecular weight excluding hydrogens is 302 g/mol. The van der Waals surface area contributed by atoms with Crippen molar-refractivity contribution in [3.8, 4) is 11.5 Å². The third-order valence-corrected chi connectivity index (χ3v) is 4.88. The molecule has 0 amide bonds. The number of ether oxygens (including phenoxy) is 2. The van der Waals surface area contributed by atoms with Crippen LogP contribution in [0, 0.1) is 0 Å². The Balaban J connectivity index is 1.45. The second-order valence-electron chi connectivity index (χ2n) is 6.22. The fourth-order valence-electron chi connectivity index (χ4n) is 3.55. The van der Waals surface area contributed by atoms with E-state index in [4.69, 9.17) is 15.2 Å². The first kappa shape index (κ1) is 15.3. The highest BCUT2D eigenvalue weighted by Gasteiger charge is 2.25. The van der Waals surface area contributed by atoms with Gasteiger partial charge in [-0.1, -0.05) is 24.3 Å². The molecule has 1 saturated heterocycles. The Bertz CT molecular complexity index is 684. The molecule has 24 heavy (non-hydrogen) atoms. The van der Waals surface area contributed by atoms with Crippen molar-refractivity contribution in [3.63, 3.8) is 0 Å². The predicted molar refractivity (Wildman–Crippen MR) is 94.6 cm³/mol. The zero-order valence-electron chi connectivity index (χ0n) is 13.7. The number of hydrogen-bond acceptors (Lipinski definition) is 5. The maximum absolute atomic E-state index is 6.10. The SMILES string of the molecule is NC[C@H](c1ccc2c(c1)OCO2)N1CCN(c2ccccc2)CC1. The van der Waals surface area contributed by atoms with E-state index in [1.165, 1.54) is 11.3 Å². The lowest BCUT2D eigenvalue weighted by Crippen LogP contribution is -2.49. The summed E-state index contributed by atoms with van der Waals surface area (Å²) >= 11 is 0. The lowest BCUT2D eigenvalue weighted by atomic mass is 10.0. The summed E-state index contributed by atoms with van der Waals surface area (Å²) < 4.78 is 10.9. The van der Waals surface area contributed by atoms with Crippen LogP contribution >= 0.6 is 0 Å². The molecule has 5 heteroatoms. The Labute approximate surface area is 142 Å². The van der Waals surface area contributed by atoms with Crippen molar-refractivity contribution in [1.82, 2.24) is 4.90 Å². The number of nitrogens with zero attached hydrogens (tertiary/aromatic N) is 2. The first-order valence-electron chi connectivity index (χ1n) is 8.49. The number of anilines is 1. The van der Waals surface area contributed by atoms with Crippen LogP contribution in [0.15, 0.2) is 48.5 Å². The van der Waals surface area contributed by atoms with Gasteiger partial charge < -0.3 is 20.1 Å². The van der Waals surface area contributed by atoms with Gasteiger partial charge in [-0.2, -0.15) is 0 Å². The average Bonchev–Trinajstić information content (AvgIpc) is 3.12. The molecule has 2 aromatic carbocycles. The molecule has 0 bridgehead atoms. The smallest absolute Gasteiger partial charge is 0.231 e. The molecule has 2 heterocycles. The summed E-state index contributed by atoms with van der Waals surface area (Å²) in [6, 6.07) is 17.0. The molecule has 1 fully saturated rings. The van der Waals surface area contributed by atoms with Crippen LogP contribution in [0.2, 0.25) is 0 Å². The standard InChI is InChI=1S/C19H23N3O2/c20-13-17(15-6-7-18-19(12-15)24-14-23-18)22-10-8-21(9-11-22)16-4-2-1-3-5-16/h1-7,12,17H,8-11,13-14,20H2/t17-/m1/s1. The minimum atomic E-state index is 0.220. The van der Waals surface area contributed by atoms with E-state index in [1.807, 2.05) is 6.07 Å². The molecular formula is C19H23N3O2. The summed E-state index contributed by atoms with van der Waals surface area (Å²) in [6.45, 7) is 4.96. The third kappa shape index (κ3) is 2.92. The van der Waals surface area contributed by atoms with E-state index in [-0.39, 0.29) is 6.04 Å². The molecule has 2 aromatic rings. The zero-order valence-corrected chi connectivity index (χ0v) is 13.7. The van der Waals surface area contributed by atoms with E-state index in [2.05, 4.69) is 52.3 Å². The number of rotatable bonds is 4. The highest BCUT2D eigenvalue weighted by atomic mass is 16.7. The fourth-order valence-corrected chi connectivity index (χ4v) is 3.55. The topological polar surface area (TPSA) is 51.0 Å². The highest BCUT2D eigenvalue weighted by Crippen LogP contribution is 2.35. The Kier molecular flexibility index (Phi) is 4.28. The summed E-state index contributed by atoms with van der Waals surface area (Å²) in [5.74, 6) is 1.65. The van der Waals surface area contributed by atoms with Crippen LogP contribution in [0.25, 0.3) is 0 Å². The largest absolute Gasteiger partial charge is 0.454 e. The van der Waals surface area contributed by atoms with Gasteiger partial charge in [0, 0.05) is 44.5 Å². The van der Waals surface area contributed by atoms with Crippen LogP contribution in [0.5, 0.6) is 11.5 Å². The summed E-state index contributed by atoms with van der Waals surface area (Å²) in [5.41, 5.74) is 8.60. The van der Waals surface area contributed by atoms with Crippen molar-refractivity contribution in [1.29, 1.82) is 0 Å². The molecule has 5 nitrogen and oxygen atoms in total. The summed E-state index contributed by atoms with van der Waals surface area (Å²) in [7, 11) is 0. The molecule has 0 spiro atoms. The van der Waals surface area contributed by atoms with Crippen LogP contribution in [0.3, 0.4) is 0 Å². The number of nitrogens with two attached hydrogens (primary N) is 1. The Hall–Kier alpha value is -2.24. The van der Waals surface area contributed by atoms with Gasteiger partial charge in [-0.15, -0.1) is 0 Å². The average molecular weight is 325 g/mol. The molecule has 0 aromatic heterocycles. The fraction of sp³-hybridized carbons (Fsp3) is 0.368. The van der Waals surface area contributed by atoms with Gasteiger partial charge in [0.2, 0.25) is 6.79 Å². The zero-order chi connectivity index (χ0) is 16.4. The van der Waals surface area contributed by atoms with Crippen molar-refractivity contribution < 1.29 is 9.47 Å². The normalized spacial score (nSPS) is 18.6. The van der Waals surface area contributed by atoms with Crippen LogP contribution in [0.4, 0.5) is 5.69 Å². The Morgan fingerprint density at radius 1 is 0.917 bits per heavy atom. The molecule has 0 aliphatic carbocycles. The van der Waals surface area contributed by atoms with E-state index in [0.29, 0.717) is 13.3 Å². The molecule has 126 valence electrons. The Morgan fingerprint density at radius 2 is 1.67 bits per heavy atom. The van der Waals surface area contributed by atoms with Crippen molar-refractivity contribution in [2.75, 3.05) is 44.4 Å². The molecule has 0 unspecified atom stereocenters. The second-order valence-corrected chi connectivity index (χ2v) is 6.22. The van der Waals surface area contributed by atoms with Crippen LogP contribution in [-0.2, 0) is 0 Å². The van der Waals surface area contributed by atoms with Gasteiger partial charge in [0.25, 0.3) is 0 Å². The van der Waals surface area contributed by atoms with Gasteiger partial charge in [-0.3, -0.25) is 4.90 Å². The van der Waals surface area contributed by atoms with Crippen molar-refractivity contribution in [2.24, 2.45) is 5.73 Å². The number of piperazine rings is 1. The van der Waals surface area contributed by atoms with Crippen molar-refractivity contribution in [2.45, 2.75) is 6.04 Å². The van der Waals surface area contributed by atoms with Gasteiger partial charge in [-0.05, 0) is 29.8 Å². The van der Waals surface area contributed by atoms with Gasteiger partial charge >= 0.3 is 0 Å². The molecule has 2 aliphatic rings. The molecule has 1 atom stereocenters. The minimum Gasteiger partial charge on any atom is -0.454 e. The highest BCUT2D eigenvalue weighted by molar-refractivity contribution is 5.47. The second kappa shape index (κ2) is 6.71. The summed E-state index contributed by atoms with van der Waals surface area (Å²) in [5, 5.41) is 0. The molecule has 4 rings (SSSR count). The molecule has 0 radical (unpaired) electrons. The Morgan fingerprint density at radius 3 is 2.42 bits per heavy atom. The minimum absolute atomic E-state index is 0.220. The molecule has 2 aliphatic heterocycles. The van der Waals surface area contributed by atoms with E-state index >= 15 is 0 Å². The maximum Gasteiger partial charge on any atom is 0.231 e. The monoisotopic (exact) mass is 325 g/mol. The maximum atomic E-state index is 6.10. The lowest BCUT2D eigenvalue weighted by Gasteiger charge is -2.40.